The highest BCUT2D eigenvalue weighted by molar-refractivity contribution is 5.78. The van der Waals surface area contributed by atoms with Gasteiger partial charge in [-0.15, -0.1) is 0 Å². The van der Waals surface area contributed by atoms with Crippen LogP contribution in [0.15, 0.2) is 24.3 Å². The van der Waals surface area contributed by atoms with Crippen molar-refractivity contribution in [1.82, 2.24) is 5.32 Å². The third kappa shape index (κ3) is 2.86. The van der Waals surface area contributed by atoms with E-state index in [1.54, 1.807) is 0 Å². The molecule has 110 valence electrons. The van der Waals surface area contributed by atoms with Gasteiger partial charge in [-0.05, 0) is 24.5 Å². The molecule has 4 nitrogen and oxygen atoms in total. The molecule has 4 heteroatoms. The molecule has 0 heterocycles. The summed E-state index contributed by atoms with van der Waals surface area (Å²) < 4.78 is 0. The van der Waals surface area contributed by atoms with E-state index in [1.807, 2.05) is 45.0 Å². The van der Waals surface area contributed by atoms with Crippen molar-refractivity contribution < 1.29 is 15.0 Å². The van der Waals surface area contributed by atoms with Gasteiger partial charge >= 0.3 is 0 Å². The van der Waals surface area contributed by atoms with Gasteiger partial charge in [-0.2, -0.15) is 0 Å². The van der Waals surface area contributed by atoms with Crippen LogP contribution >= 0.6 is 0 Å². The molecule has 0 unspecified atom stereocenters. The summed E-state index contributed by atoms with van der Waals surface area (Å²) in [6, 6.07) is 7.48. The average Bonchev–Trinajstić information content (AvgIpc) is 2.67. The van der Waals surface area contributed by atoms with Gasteiger partial charge in [-0.25, -0.2) is 0 Å². The van der Waals surface area contributed by atoms with Crippen molar-refractivity contribution in [2.24, 2.45) is 5.92 Å². The highest BCUT2D eigenvalue weighted by Gasteiger charge is 2.43. The molecule has 1 aromatic rings. The second-order valence-electron chi connectivity index (χ2n) is 5.95. The van der Waals surface area contributed by atoms with E-state index >= 15 is 0 Å². The van der Waals surface area contributed by atoms with E-state index in [9.17, 15) is 15.0 Å². The van der Waals surface area contributed by atoms with Gasteiger partial charge in [0.15, 0.2) is 0 Å². The third-order valence-electron chi connectivity index (χ3n) is 4.11. The number of hydrogen-bond donors (Lipinski definition) is 3. The Labute approximate surface area is 119 Å². The van der Waals surface area contributed by atoms with Crippen LogP contribution in [0, 0.1) is 12.8 Å². The highest BCUT2D eigenvalue weighted by atomic mass is 16.3. The first-order valence-corrected chi connectivity index (χ1v) is 7.14. The normalized spacial score (nSPS) is 29.7. The van der Waals surface area contributed by atoms with Crippen molar-refractivity contribution in [2.45, 2.75) is 51.4 Å². The van der Waals surface area contributed by atoms with E-state index in [0.717, 1.165) is 11.1 Å². The van der Waals surface area contributed by atoms with E-state index in [-0.39, 0.29) is 17.7 Å². The number of carbonyl (C=O) groups is 1. The second kappa shape index (κ2) is 5.94. The monoisotopic (exact) mass is 277 g/mol. The number of aliphatic hydroxyl groups excluding tert-OH is 2. The van der Waals surface area contributed by atoms with Gasteiger partial charge in [0, 0.05) is 11.8 Å². The topological polar surface area (TPSA) is 69.6 Å². The van der Waals surface area contributed by atoms with Gasteiger partial charge in [-0.1, -0.05) is 38.1 Å². The molecular weight excluding hydrogens is 254 g/mol. The fourth-order valence-electron chi connectivity index (χ4n) is 2.86. The largest absolute Gasteiger partial charge is 0.390 e. The first kappa shape index (κ1) is 15.0. The molecule has 0 radical (unpaired) electrons. The number of nitrogens with one attached hydrogen (secondary N) is 1. The molecule has 0 aliphatic heterocycles. The Kier molecular flexibility index (Phi) is 4.45. The minimum Gasteiger partial charge on any atom is -0.390 e. The Balaban J connectivity index is 2.26. The molecule has 0 spiro atoms. The molecule has 1 amide bonds. The van der Waals surface area contributed by atoms with E-state index in [1.165, 1.54) is 0 Å². The number of aliphatic hydroxyl groups is 2. The Morgan fingerprint density at radius 1 is 1.30 bits per heavy atom. The zero-order valence-corrected chi connectivity index (χ0v) is 12.2. The van der Waals surface area contributed by atoms with Crippen LogP contribution in [0.1, 0.15) is 37.3 Å². The summed E-state index contributed by atoms with van der Waals surface area (Å²) in [7, 11) is 0. The summed E-state index contributed by atoms with van der Waals surface area (Å²) in [6.07, 6.45) is -1.24. The van der Waals surface area contributed by atoms with Crippen molar-refractivity contribution in [1.29, 1.82) is 0 Å². The van der Waals surface area contributed by atoms with Crippen LogP contribution in [0.4, 0.5) is 0 Å². The Hall–Kier alpha value is -1.39. The van der Waals surface area contributed by atoms with E-state index in [4.69, 9.17) is 0 Å². The van der Waals surface area contributed by atoms with Crippen LogP contribution in [-0.2, 0) is 4.79 Å². The lowest BCUT2D eigenvalue weighted by Gasteiger charge is -2.25. The third-order valence-corrected chi connectivity index (χ3v) is 4.11. The lowest BCUT2D eigenvalue weighted by atomic mass is 9.90. The van der Waals surface area contributed by atoms with Crippen LogP contribution < -0.4 is 5.32 Å². The second-order valence-corrected chi connectivity index (χ2v) is 5.95. The minimum atomic E-state index is -0.915. The highest BCUT2D eigenvalue weighted by Crippen LogP contribution is 2.36. The van der Waals surface area contributed by atoms with Crippen molar-refractivity contribution >= 4 is 5.91 Å². The molecule has 3 N–H and O–H groups in total. The van der Waals surface area contributed by atoms with E-state index < -0.39 is 18.2 Å². The summed E-state index contributed by atoms with van der Waals surface area (Å²) in [6.45, 7) is 5.64. The number of carbonyl (C=O) groups excluding carboxylic acids is 1. The average molecular weight is 277 g/mol. The number of hydrogen-bond acceptors (Lipinski definition) is 3. The van der Waals surface area contributed by atoms with Crippen molar-refractivity contribution in [2.75, 3.05) is 0 Å². The summed E-state index contributed by atoms with van der Waals surface area (Å²) >= 11 is 0. The summed E-state index contributed by atoms with van der Waals surface area (Å²) in [5, 5.41) is 23.0. The van der Waals surface area contributed by atoms with Crippen LogP contribution in [0.3, 0.4) is 0 Å². The summed E-state index contributed by atoms with van der Waals surface area (Å²) in [5.74, 6) is -0.289. The molecule has 20 heavy (non-hydrogen) atoms. The number of aryl methyl sites for hydroxylation is 1. The molecule has 0 saturated heterocycles. The van der Waals surface area contributed by atoms with E-state index in [2.05, 4.69) is 5.32 Å². The van der Waals surface area contributed by atoms with Crippen LogP contribution in [0.5, 0.6) is 0 Å². The maximum Gasteiger partial charge on any atom is 0.222 e. The zero-order chi connectivity index (χ0) is 14.9. The van der Waals surface area contributed by atoms with Crippen molar-refractivity contribution in [3.63, 3.8) is 0 Å². The number of rotatable bonds is 3. The SMILES string of the molecule is Cc1ccccc1[C@H]1C[C@@H](O)[C@@H](O)[C@@H]1NC(=O)C(C)C. The Bertz CT molecular complexity index is 486. The minimum absolute atomic E-state index is 0.0519. The predicted molar refractivity (Wildman–Crippen MR) is 77.3 cm³/mol. The molecule has 1 aliphatic rings. The first-order valence-electron chi connectivity index (χ1n) is 7.14. The van der Waals surface area contributed by atoms with Gasteiger partial charge < -0.3 is 15.5 Å². The van der Waals surface area contributed by atoms with Crippen molar-refractivity contribution in [3.05, 3.63) is 35.4 Å². The maximum absolute atomic E-state index is 11.9. The quantitative estimate of drug-likeness (QED) is 0.781. The molecular formula is C16H23NO3. The molecule has 1 aromatic carbocycles. The fraction of sp³-hybridized carbons (Fsp3) is 0.562. The molecule has 1 aliphatic carbocycles. The molecule has 2 rings (SSSR count). The first-order chi connectivity index (χ1) is 9.41. The maximum atomic E-state index is 11.9. The summed E-state index contributed by atoms with van der Waals surface area (Å²) in [4.78, 5) is 11.9. The molecule has 1 fully saturated rings. The summed E-state index contributed by atoms with van der Waals surface area (Å²) in [5.41, 5.74) is 2.19. The van der Waals surface area contributed by atoms with Crippen LogP contribution in [-0.4, -0.2) is 34.4 Å². The van der Waals surface area contributed by atoms with Gasteiger partial charge in [0.2, 0.25) is 5.91 Å². The number of amides is 1. The molecule has 4 atom stereocenters. The number of benzene rings is 1. The smallest absolute Gasteiger partial charge is 0.222 e. The Morgan fingerprint density at radius 3 is 2.55 bits per heavy atom. The molecule has 0 aromatic heterocycles. The lowest BCUT2D eigenvalue weighted by molar-refractivity contribution is -0.125. The van der Waals surface area contributed by atoms with Crippen LogP contribution in [0.25, 0.3) is 0 Å². The fourth-order valence-corrected chi connectivity index (χ4v) is 2.86. The van der Waals surface area contributed by atoms with Gasteiger partial charge in [-0.3, -0.25) is 4.79 Å². The van der Waals surface area contributed by atoms with Gasteiger partial charge in [0.1, 0.15) is 6.10 Å². The standard InChI is InChI=1S/C16H23NO3/c1-9(2)16(20)17-14-12(8-13(18)15(14)19)11-7-5-4-6-10(11)3/h4-7,9,12-15,18-19H,8H2,1-3H3,(H,17,20)/t12-,13-,14-,15-/m1/s1. The van der Waals surface area contributed by atoms with E-state index in [0.29, 0.717) is 6.42 Å². The Morgan fingerprint density at radius 2 is 1.95 bits per heavy atom. The predicted octanol–water partition coefficient (Wildman–Crippen LogP) is 1.34. The van der Waals surface area contributed by atoms with Gasteiger partial charge in [0.25, 0.3) is 0 Å². The zero-order valence-electron chi connectivity index (χ0n) is 12.2. The van der Waals surface area contributed by atoms with Crippen LogP contribution in [0.2, 0.25) is 0 Å². The van der Waals surface area contributed by atoms with Crippen molar-refractivity contribution in [3.8, 4) is 0 Å². The lowest BCUT2D eigenvalue weighted by Crippen LogP contribution is -2.46. The molecule has 1 saturated carbocycles. The van der Waals surface area contributed by atoms with Gasteiger partial charge in [0.05, 0.1) is 12.1 Å². The molecule has 0 bridgehead atoms.